The van der Waals surface area contributed by atoms with Crippen LogP contribution in [0.1, 0.15) is 93.1 Å². The lowest BCUT2D eigenvalue weighted by molar-refractivity contribution is -0.386. The molecule has 1 saturated carbocycles. The number of carbonyl (C=O) groups is 1. The third kappa shape index (κ3) is 9.79. The second kappa shape index (κ2) is 18.2. The molecule has 64 heavy (non-hydrogen) atoms. The Morgan fingerprint density at radius 3 is 2.56 bits per heavy atom. The van der Waals surface area contributed by atoms with Crippen LogP contribution in [0.15, 0.2) is 89.6 Å². The van der Waals surface area contributed by atoms with E-state index in [1.54, 1.807) is 30.5 Å². The van der Waals surface area contributed by atoms with Gasteiger partial charge in [0.2, 0.25) is 0 Å². The SMILES string of the molecule is CC1(C)CCC(CN2CCN(c3ccc(C(=O)NS(=O)(=O)c4cc5c(c([N+](=O)[O-])c4)CC(CC4CCCCC4)CO5)c(Oc4cnc5[nH]ccc5c4)c3)CC2)=C(c2ccc(Cl)cc2)C1. The fourth-order valence-electron chi connectivity index (χ4n) is 10.1. The van der Waals surface area contributed by atoms with Gasteiger partial charge in [0.05, 0.1) is 33.7 Å². The number of aromatic nitrogens is 2. The average Bonchev–Trinajstić information content (AvgIpc) is 3.75. The highest BCUT2D eigenvalue weighted by Gasteiger charge is 2.34. The number of fused-ring (bicyclic) bond motifs is 2. The first-order valence-electron chi connectivity index (χ1n) is 22.5. The largest absolute Gasteiger partial charge is 0.493 e. The van der Waals surface area contributed by atoms with Crippen LogP contribution < -0.4 is 19.1 Å². The number of amides is 1. The van der Waals surface area contributed by atoms with Gasteiger partial charge in [0.15, 0.2) is 0 Å². The van der Waals surface area contributed by atoms with E-state index in [-0.39, 0.29) is 34.1 Å². The molecular formula is C49H55ClN6O7S. The predicted octanol–water partition coefficient (Wildman–Crippen LogP) is 10.3. The standard InChI is InChI=1S/C49H55ClN6O7S/c1-49(2)16-14-36(43(28-49)34-8-10-37(50)11-9-34)30-54-18-20-55(21-19-54)38-12-13-41(46(25-38)63-39-24-35-15-17-51-47(35)52-29-39)48(57)53-64(60,61)40-26-44(56(58)59)42-23-33(31-62-45(42)27-40)22-32-6-4-3-5-7-32/h8-13,15,17,24-27,29,32-33H,3-7,14,16,18-23,28,30-31H2,1-2H3,(H,51,52)(H,53,57). The highest BCUT2D eigenvalue weighted by molar-refractivity contribution is 7.90. The van der Waals surface area contributed by atoms with Crippen LogP contribution >= 0.6 is 11.6 Å². The van der Waals surface area contributed by atoms with Gasteiger partial charge in [-0.15, -0.1) is 0 Å². The number of ether oxygens (including phenoxy) is 2. The zero-order valence-corrected chi connectivity index (χ0v) is 38.0. The number of hydrogen-bond acceptors (Lipinski definition) is 10. The van der Waals surface area contributed by atoms with E-state index in [0.29, 0.717) is 35.9 Å². The molecule has 2 aromatic heterocycles. The molecule has 0 spiro atoms. The van der Waals surface area contributed by atoms with Gasteiger partial charge in [-0.25, -0.2) is 18.1 Å². The predicted molar refractivity (Wildman–Crippen MR) is 249 cm³/mol. The molecule has 1 amide bonds. The molecule has 9 rings (SSSR count). The number of nitro benzene ring substituents is 1. The lowest BCUT2D eigenvalue weighted by Crippen LogP contribution is -2.47. The number of nitrogens with one attached hydrogen (secondary N) is 2. The van der Waals surface area contributed by atoms with Gasteiger partial charge in [-0.3, -0.25) is 19.8 Å². The van der Waals surface area contributed by atoms with E-state index in [9.17, 15) is 23.3 Å². The van der Waals surface area contributed by atoms with Crippen LogP contribution in [-0.2, 0) is 16.4 Å². The molecule has 13 nitrogen and oxygen atoms in total. The first-order valence-corrected chi connectivity index (χ1v) is 24.3. The van der Waals surface area contributed by atoms with E-state index in [4.69, 9.17) is 21.1 Å². The molecule has 5 aromatic rings. The molecule has 2 fully saturated rings. The van der Waals surface area contributed by atoms with E-state index < -0.39 is 25.7 Å². The molecule has 1 unspecified atom stereocenters. The Morgan fingerprint density at radius 2 is 1.80 bits per heavy atom. The number of rotatable bonds is 12. The van der Waals surface area contributed by atoms with Crippen LogP contribution in [0, 0.1) is 27.4 Å². The number of carbonyl (C=O) groups excluding carboxylic acids is 1. The third-order valence-corrected chi connectivity index (χ3v) is 15.2. The fraction of sp³-hybridized carbons (Fsp3) is 0.429. The molecule has 4 aliphatic rings. The van der Waals surface area contributed by atoms with Crippen molar-refractivity contribution in [1.82, 2.24) is 19.6 Å². The molecule has 15 heteroatoms. The molecule has 2 aliphatic heterocycles. The van der Waals surface area contributed by atoms with Crippen molar-refractivity contribution in [3.8, 4) is 17.2 Å². The lowest BCUT2D eigenvalue weighted by atomic mass is 9.72. The first-order chi connectivity index (χ1) is 30.8. The smallest absolute Gasteiger partial charge is 0.277 e. The normalized spacial score (nSPS) is 19.5. The van der Waals surface area contributed by atoms with E-state index >= 15 is 0 Å². The summed E-state index contributed by atoms with van der Waals surface area (Å²) in [5.41, 5.74) is 5.85. The van der Waals surface area contributed by atoms with Crippen LogP contribution in [-0.4, -0.2) is 73.4 Å². The number of anilines is 1. The van der Waals surface area contributed by atoms with Crippen molar-refractivity contribution in [3.63, 3.8) is 0 Å². The lowest BCUT2D eigenvalue weighted by Gasteiger charge is -2.39. The number of allylic oxidation sites excluding steroid dienone is 1. The molecule has 4 heterocycles. The van der Waals surface area contributed by atoms with Crippen molar-refractivity contribution in [2.45, 2.75) is 83.0 Å². The minimum Gasteiger partial charge on any atom is -0.493 e. The summed E-state index contributed by atoms with van der Waals surface area (Å²) in [4.78, 5) is 37.7. The first kappa shape index (κ1) is 43.8. The van der Waals surface area contributed by atoms with E-state index in [0.717, 1.165) is 93.4 Å². The summed E-state index contributed by atoms with van der Waals surface area (Å²) in [6.45, 7) is 9.01. The number of piperazine rings is 1. The van der Waals surface area contributed by atoms with E-state index in [2.05, 4.69) is 50.5 Å². The van der Waals surface area contributed by atoms with Gasteiger partial charge < -0.3 is 19.4 Å². The molecule has 336 valence electrons. The Kier molecular flexibility index (Phi) is 12.5. The maximum absolute atomic E-state index is 14.1. The minimum absolute atomic E-state index is 0.0312. The Morgan fingerprint density at radius 1 is 1.02 bits per heavy atom. The van der Waals surface area contributed by atoms with Crippen molar-refractivity contribution < 1.29 is 27.6 Å². The van der Waals surface area contributed by atoms with Crippen molar-refractivity contribution in [3.05, 3.63) is 117 Å². The Balaban J connectivity index is 0.938. The summed E-state index contributed by atoms with van der Waals surface area (Å²) >= 11 is 6.25. The number of hydrogen-bond donors (Lipinski definition) is 2. The van der Waals surface area contributed by atoms with E-state index in [1.165, 1.54) is 48.2 Å². The molecule has 1 atom stereocenters. The Hall–Kier alpha value is -5.44. The quantitative estimate of drug-likeness (QED) is 0.0911. The Bertz CT molecular complexity index is 2700. The zero-order chi connectivity index (χ0) is 44.6. The maximum atomic E-state index is 14.1. The van der Waals surface area contributed by atoms with Gasteiger partial charge in [-0.05, 0) is 96.9 Å². The molecule has 0 bridgehead atoms. The Labute approximate surface area is 379 Å². The van der Waals surface area contributed by atoms with Crippen molar-refractivity contribution >= 4 is 55.5 Å². The van der Waals surface area contributed by atoms with Gasteiger partial charge in [-0.2, -0.15) is 0 Å². The van der Waals surface area contributed by atoms with Gasteiger partial charge in [0.25, 0.3) is 21.6 Å². The zero-order valence-electron chi connectivity index (χ0n) is 36.4. The fourth-order valence-corrected chi connectivity index (χ4v) is 11.2. The number of H-pyrrole nitrogens is 1. The topological polar surface area (TPSA) is 160 Å². The number of aromatic amines is 1. The summed E-state index contributed by atoms with van der Waals surface area (Å²) < 4.78 is 42.4. The monoisotopic (exact) mass is 906 g/mol. The van der Waals surface area contributed by atoms with Crippen molar-refractivity contribution in [2.75, 3.05) is 44.2 Å². The van der Waals surface area contributed by atoms with Crippen LogP contribution in [0.25, 0.3) is 16.6 Å². The second-order valence-electron chi connectivity index (χ2n) is 18.8. The summed E-state index contributed by atoms with van der Waals surface area (Å²) in [5.74, 6) is 0.375. The minimum atomic E-state index is -4.61. The number of nitro groups is 1. The van der Waals surface area contributed by atoms with Crippen molar-refractivity contribution in [2.24, 2.45) is 17.3 Å². The van der Waals surface area contributed by atoms with Crippen LogP contribution in [0.4, 0.5) is 11.4 Å². The van der Waals surface area contributed by atoms with Gasteiger partial charge >= 0.3 is 0 Å². The summed E-state index contributed by atoms with van der Waals surface area (Å²) in [6, 6.07) is 19.3. The highest BCUT2D eigenvalue weighted by atomic mass is 35.5. The number of halogens is 1. The molecule has 1 saturated heterocycles. The molecule has 2 aliphatic carbocycles. The van der Waals surface area contributed by atoms with Crippen LogP contribution in [0.5, 0.6) is 17.2 Å². The maximum Gasteiger partial charge on any atom is 0.277 e. The van der Waals surface area contributed by atoms with Crippen LogP contribution in [0.3, 0.4) is 0 Å². The molecule has 2 N–H and O–H groups in total. The van der Waals surface area contributed by atoms with Gasteiger partial charge in [-0.1, -0.05) is 75.3 Å². The number of sulfonamides is 1. The number of pyridine rings is 1. The van der Waals surface area contributed by atoms with Gasteiger partial charge in [0.1, 0.15) is 22.9 Å². The molecule has 3 aromatic carbocycles. The van der Waals surface area contributed by atoms with Crippen molar-refractivity contribution in [1.29, 1.82) is 0 Å². The summed E-state index contributed by atoms with van der Waals surface area (Å²) in [7, 11) is -4.61. The number of benzene rings is 3. The number of nitrogens with zero attached hydrogens (tertiary/aromatic N) is 4. The summed E-state index contributed by atoms with van der Waals surface area (Å²) in [6.07, 6.45) is 13.8. The highest BCUT2D eigenvalue weighted by Crippen LogP contribution is 2.44. The van der Waals surface area contributed by atoms with E-state index in [1.807, 2.05) is 18.2 Å². The molecule has 0 radical (unpaired) electrons. The van der Waals surface area contributed by atoms with Crippen LogP contribution in [0.2, 0.25) is 5.02 Å². The molecular weight excluding hydrogens is 852 g/mol. The third-order valence-electron chi connectivity index (χ3n) is 13.6. The average molecular weight is 908 g/mol. The summed E-state index contributed by atoms with van der Waals surface area (Å²) in [5, 5.41) is 13.9. The van der Waals surface area contributed by atoms with Gasteiger partial charge in [0, 0.05) is 73.2 Å². The second-order valence-corrected chi connectivity index (χ2v) is 20.9.